The van der Waals surface area contributed by atoms with Gasteiger partial charge in [0.05, 0.1) is 0 Å². The first-order chi connectivity index (χ1) is 4.79. The maximum Gasteiger partial charge on any atom is 0.328 e. The van der Waals surface area contributed by atoms with Crippen molar-refractivity contribution in [3.63, 3.8) is 0 Å². The summed E-state index contributed by atoms with van der Waals surface area (Å²) in [4.78, 5) is 11.2. The van der Waals surface area contributed by atoms with Crippen LogP contribution in [0.3, 0.4) is 0 Å². The van der Waals surface area contributed by atoms with Crippen molar-refractivity contribution in [2.75, 3.05) is 0 Å². The van der Waals surface area contributed by atoms with E-state index in [2.05, 4.69) is 0 Å². The fraction of sp³-hybridized carbons (Fsp3) is 0.571. The van der Waals surface area contributed by atoms with E-state index < -0.39 is 0 Å². The van der Waals surface area contributed by atoms with E-state index in [1.807, 2.05) is 6.20 Å². The van der Waals surface area contributed by atoms with Crippen LogP contribution in [0.25, 0.3) is 0 Å². The van der Waals surface area contributed by atoms with Gasteiger partial charge in [-0.25, -0.2) is 4.79 Å². The van der Waals surface area contributed by atoms with Crippen molar-refractivity contribution in [2.24, 2.45) is 7.05 Å². The lowest BCUT2D eigenvalue weighted by molar-refractivity contribution is 0.678. The molecule has 1 saturated carbocycles. The lowest BCUT2D eigenvalue weighted by Gasteiger charge is -1.92. The minimum atomic E-state index is 0.113. The Hall–Kier alpha value is -0.990. The van der Waals surface area contributed by atoms with Crippen LogP contribution in [0.4, 0.5) is 0 Å². The third-order valence-corrected chi connectivity index (χ3v) is 1.91. The van der Waals surface area contributed by atoms with E-state index in [0.717, 1.165) is 0 Å². The molecule has 3 heteroatoms. The van der Waals surface area contributed by atoms with Crippen LogP contribution in [0.1, 0.15) is 18.9 Å². The quantitative estimate of drug-likeness (QED) is 0.555. The van der Waals surface area contributed by atoms with E-state index in [4.69, 9.17) is 0 Å². The van der Waals surface area contributed by atoms with Crippen molar-refractivity contribution in [3.05, 3.63) is 22.9 Å². The molecule has 3 nitrogen and oxygen atoms in total. The van der Waals surface area contributed by atoms with Crippen LogP contribution < -0.4 is 5.69 Å². The molecule has 0 N–H and O–H groups in total. The van der Waals surface area contributed by atoms with E-state index in [9.17, 15) is 4.79 Å². The first-order valence-corrected chi connectivity index (χ1v) is 3.52. The van der Waals surface area contributed by atoms with Crippen LogP contribution >= 0.6 is 0 Å². The number of hydrogen-bond acceptors (Lipinski definition) is 1. The van der Waals surface area contributed by atoms with Crippen molar-refractivity contribution >= 4 is 0 Å². The van der Waals surface area contributed by atoms with Crippen LogP contribution in [0.5, 0.6) is 0 Å². The Balaban J connectivity index is 2.50. The van der Waals surface area contributed by atoms with Gasteiger partial charge in [0.2, 0.25) is 0 Å². The molecular weight excluding hydrogens is 128 g/mol. The van der Waals surface area contributed by atoms with Crippen molar-refractivity contribution in [2.45, 2.75) is 18.9 Å². The molecule has 0 aromatic carbocycles. The second-order valence-electron chi connectivity index (χ2n) is 2.83. The summed E-state index contributed by atoms with van der Waals surface area (Å²) in [6, 6.07) is 0.508. The van der Waals surface area contributed by atoms with Gasteiger partial charge in [0.1, 0.15) is 0 Å². The molecule has 0 bridgehead atoms. The number of aromatic nitrogens is 2. The summed E-state index contributed by atoms with van der Waals surface area (Å²) < 4.78 is 3.42. The Morgan fingerprint density at radius 2 is 2.20 bits per heavy atom. The molecule has 54 valence electrons. The number of imidazole rings is 1. The summed E-state index contributed by atoms with van der Waals surface area (Å²) in [6.07, 6.45) is 6.01. The summed E-state index contributed by atoms with van der Waals surface area (Å²) >= 11 is 0. The minimum absolute atomic E-state index is 0.113. The van der Waals surface area contributed by atoms with Crippen molar-refractivity contribution in [1.82, 2.24) is 9.13 Å². The van der Waals surface area contributed by atoms with Crippen molar-refractivity contribution in [1.29, 1.82) is 0 Å². The van der Waals surface area contributed by atoms with Crippen LogP contribution in [-0.4, -0.2) is 9.13 Å². The lowest BCUT2D eigenvalue weighted by Crippen LogP contribution is -2.20. The van der Waals surface area contributed by atoms with Gasteiger partial charge >= 0.3 is 5.69 Å². The molecule has 1 aliphatic rings. The molecule has 1 heterocycles. The second-order valence-corrected chi connectivity index (χ2v) is 2.83. The largest absolute Gasteiger partial charge is 0.328 e. The molecule has 1 aromatic rings. The zero-order chi connectivity index (χ0) is 7.14. The van der Waals surface area contributed by atoms with Gasteiger partial charge in [-0.05, 0) is 12.8 Å². The average molecular weight is 138 g/mol. The molecule has 0 aliphatic heterocycles. The lowest BCUT2D eigenvalue weighted by atomic mass is 10.7. The Labute approximate surface area is 58.9 Å². The number of rotatable bonds is 1. The normalized spacial score (nSPS) is 17.7. The zero-order valence-corrected chi connectivity index (χ0v) is 5.95. The van der Waals surface area contributed by atoms with Gasteiger partial charge in [0.25, 0.3) is 0 Å². The topological polar surface area (TPSA) is 26.9 Å². The molecule has 0 unspecified atom stereocenters. The first kappa shape index (κ1) is 5.77. The monoisotopic (exact) mass is 138 g/mol. The van der Waals surface area contributed by atoms with Crippen LogP contribution in [0, 0.1) is 0 Å². The van der Waals surface area contributed by atoms with E-state index in [-0.39, 0.29) is 5.69 Å². The molecule has 10 heavy (non-hydrogen) atoms. The number of nitrogens with zero attached hydrogens (tertiary/aromatic N) is 2. The predicted molar refractivity (Wildman–Crippen MR) is 37.9 cm³/mol. The van der Waals surface area contributed by atoms with Crippen LogP contribution in [0.2, 0.25) is 0 Å². The average Bonchev–Trinajstić information content (AvgIpc) is 2.67. The molecule has 0 saturated heterocycles. The fourth-order valence-corrected chi connectivity index (χ4v) is 1.11. The smallest absolute Gasteiger partial charge is 0.302 e. The summed E-state index contributed by atoms with van der Waals surface area (Å²) in [5.41, 5.74) is 0.113. The van der Waals surface area contributed by atoms with Gasteiger partial charge in [0, 0.05) is 25.5 Å². The number of aryl methyl sites for hydroxylation is 1. The maximum absolute atomic E-state index is 11.2. The second kappa shape index (κ2) is 1.75. The van der Waals surface area contributed by atoms with Crippen molar-refractivity contribution < 1.29 is 0 Å². The highest BCUT2D eigenvalue weighted by molar-refractivity contribution is 4.90. The van der Waals surface area contributed by atoms with Gasteiger partial charge in [-0.1, -0.05) is 0 Å². The molecular formula is C7H10N2O. The summed E-state index contributed by atoms with van der Waals surface area (Å²) in [7, 11) is 1.78. The Bertz CT molecular complexity index is 293. The molecule has 1 aromatic heterocycles. The van der Waals surface area contributed by atoms with E-state index in [0.29, 0.717) is 6.04 Å². The summed E-state index contributed by atoms with van der Waals surface area (Å²) in [5.74, 6) is 0. The SMILES string of the molecule is Cn1ccn(C2CC2)c1=O. The van der Waals surface area contributed by atoms with Gasteiger partial charge in [-0.3, -0.25) is 4.57 Å². The Morgan fingerprint density at radius 1 is 1.50 bits per heavy atom. The van der Waals surface area contributed by atoms with Gasteiger partial charge in [-0.15, -0.1) is 0 Å². The third kappa shape index (κ3) is 0.701. The molecule has 0 atom stereocenters. The molecule has 0 amide bonds. The summed E-state index contributed by atoms with van der Waals surface area (Å²) in [5, 5.41) is 0. The highest BCUT2D eigenvalue weighted by Crippen LogP contribution is 2.32. The van der Waals surface area contributed by atoms with E-state index >= 15 is 0 Å². The maximum atomic E-state index is 11.2. The highest BCUT2D eigenvalue weighted by Gasteiger charge is 2.24. The number of hydrogen-bond donors (Lipinski definition) is 0. The Morgan fingerprint density at radius 3 is 2.60 bits per heavy atom. The zero-order valence-electron chi connectivity index (χ0n) is 5.95. The molecule has 0 radical (unpaired) electrons. The molecule has 0 spiro atoms. The van der Waals surface area contributed by atoms with Gasteiger partial charge < -0.3 is 4.57 Å². The van der Waals surface area contributed by atoms with E-state index in [1.54, 1.807) is 22.4 Å². The van der Waals surface area contributed by atoms with Crippen LogP contribution in [0.15, 0.2) is 17.2 Å². The highest BCUT2D eigenvalue weighted by atomic mass is 16.1. The fourth-order valence-electron chi connectivity index (χ4n) is 1.11. The third-order valence-electron chi connectivity index (χ3n) is 1.91. The minimum Gasteiger partial charge on any atom is -0.302 e. The van der Waals surface area contributed by atoms with Crippen LogP contribution in [-0.2, 0) is 7.05 Å². The molecule has 1 fully saturated rings. The molecule has 2 rings (SSSR count). The standard InChI is InChI=1S/C7H10N2O/c1-8-4-5-9(7(8)10)6-2-3-6/h4-6H,2-3H2,1H3. The first-order valence-electron chi connectivity index (χ1n) is 3.52. The van der Waals surface area contributed by atoms with E-state index in [1.165, 1.54) is 12.8 Å². The van der Waals surface area contributed by atoms with Crippen molar-refractivity contribution in [3.8, 4) is 0 Å². The predicted octanol–water partition coefficient (Wildman–Crippen LogP) is 0.522. The van der Waals surface area contributed by atoms with Gasteiger partial charge in [0.15, 0.2) is 0 Å². The Kier molecular flexibility index (Phi) is 1.01. The summed E-state index contributed by atoms with van der Waals surface area (Å²) in [6.45, 7) is 0. The molecule has 1 aliphatic carbocycles. The van der Waals surface area contributed by atoms with Gasteiger partial charge in [-0.2, -0.15) is 0 Å².